The topological polar surface area (TPSA) is 32.8 Å². The number of unbranched alkanes of at least 4 members (excludes halogenated alkanes) is 1. The van der Waals surface area contributed by atoms with Gasteiger partial charge in [0.1, 0.15) is 0 Å². The van der Waals surface area contributed by atoms with E-state index < -0.39 is 0 Å². The maximum atomic E-state index is 12.1. The van der Waals surface area contributed by atoms with Crippen LogP contribution in [0.4, 0.5) is 5.69 Å². The molecular formula is C21H32N2O2. The summed E-state index contributed by atoms with van der Waals surface area (Å²) in [5.41, 5.74) is 1.32. The largest absolute Gasteiger partial charge is 0.375 e. The molecule has 1 aromatic carbocycles. The highest BCUT2D eigenvalue weighted by Gasteiger charge is 2.27. The van der Waals surface area contributed by atoms with Crippen LogP contribution in [0.2, 0.25) is 0 Å². The number of ether oxygens (including phenoxy) is 1. The Morgan fingerprint density at radius 1 is 1.00 bits per heavy atom. The zero-order valence-corrected chi connectivity index (χ0v) is 15.5. The standard InChI is InChI=1S/C21H32N2O2/c1-2-3-9-21(24)23-16-12-20(13-17-23)25-19-10-14-22(15-11-19)18-7-5-4-6-8-18/h4-8,19-20H,2-3,9-17H2,1H3. The van der Waals surface area contributed by atoms with Crippen molar-refractivity contribution in [1.82, 2.24) is 4.90 Å². The van der Waals surface area contributed by atoms with Crippen LogP contribution in [-0.2, 0) is 9.53 Å². The molecule has 2 saturated heterocycles. The first-order chi connectivity index (χ1) is 12.3. The molecule has 0 aliphatic carbocycles. The summed E-state index contributed by atoms with van der Waals surface area (Å²) in [6.45, 7) is 6.02. The number of rotatable bonds is 6. The van der Waals surface area contributed by atoms with Gasteiger partial charge in [-0.15, -0.1) is 0 Å². The van der Waals surface area contributed by atoms with E-state index in [0.29, 0.717) is 24.5 Å². The maximum absolute atomic E-state index is 12.1. The summed E-state index contributed by atoms with van der Waals surface area (Å²) in [7, 11) is 0. The summed E-state index contributed by atoms with van der Waals surface area (Å²) < 4.78 is 6.36. The van der Waals surface area contributed by atoms with Crippen LogP contribution < -0.4 is 4.90 Å². The van der Waals surface area contributed by atoms with Gasteiger partial charge in [-0.3, -0.25) is 4.79 Å². The third kappa shape index (κ3) is 5.21. The molecule has 1 aromatic rings. The number of hydrogen-bond donors (Lipinski definition) is 0. The van der Waals surface area contributed by atoms with Crippen molar-refractivity contribution in [2.45, 2.75) is 64.1 Å². The lowest BCUT2D eigenvalue weighted by Crippen LogP contribution is -2.43. The van der Waals surface area contributed by atoms with Crippen molar-refractivity contribution in [3.63, 3.8) is 0 Å². The zero-order valence-electron chi connectivity index (χ0n) is 15.5. The number of hydrogen-bond acceptors (Lipinski definition) is 3. The number of carbonyl (C=O) groups is 1. The molecule has 0 saturated carbocycles. The fourth-order valence-electron chi connectivity index (χ4n) is 3.89. The Balaban J connectivity index is 1.37. The number of amides is 1. The predicted octanol–water partition coefficient (Wildman–Crippen LogP) is 3.85. The molecule has 0 bridgehead atoms. The molecule has 2 aliphatic rings. The highest BCUT2D eigenvalue weighted by atomic mass is 16.5. The smallest absolute Gasteiger partial charge is 0.222 e. The van der Waals surface area contributed by atoms with E-state index in [1.807, 2.05) is 4.90 Å². The van der Waals surface area contributed by atoms with E-state index in [4.69, 9.17) is 4.74 Å². The third-order valence-corrected chi connectivity index (χ3v) is 5.49. The van der Waals surface area contributed by atoms with E-state index in [-0.39, 0.29) is 0 Å². The summed E-state index contributed by atoms with van der Waals surface area (Å²) in [5.74, 6) is 0.330. The summed E-state index contributed by atoms with van der Waals surface area (Å²) in [4.78, 5) is 16.6. The van der Waals surface area contributed by atoms with E-state index in [9.17, 15) is 4.79 Å². The SMILES string of the molecule is CCCCC(=O)N1CCC(OC2CCN(c3ccccc3)CC2)CC1. The van der Waals surface area contributed by atoms with Crippen molar-refractivity contribution in [2.75, 3.05) is 31.1 Å². The molecule has 25 heavy (non-hydrogen) atoms. The minimum atomic E-state index is 0.330. The van der Waals surface area contributed by atoms with Crippen LogP contribution in [0.3, 0.4) is 0 Å². The van der Waals surface area contributed by atoms with Gasteiger partial charge in [0.05, 0.1) is 12.2 Å². The van der Waals surface area contributed by atoms with Gasteiger partial charge in [0, 0.05) is 38.3 Å². The molecule has 4 nitrogen and oxygen atoms in total. The van der Waals surface area contributed by atoms with E-state index >= 15 is 0 Å². The molecule has 0 unspecified atom stereocenters. The van der Waals surface area contributed by atoms with E-state index in [1.54, 1.807) is 0 Å². The minimum absolute atomic E-state index is 0.330. The molecule has 0 N–H and O–H groups in total. The van der Waals surface area contributed by atoms with Crippen LogP contribution >= 0.6 is 0 Å². The van der Waals surface area contributed by atoms with Gasteiger partial charge in [-0.1, -0.05) is 31.5 Å². The number of likely N-dealkylation sites (tertiary alicyclic amines) is 1. The molecule has 0 atom stereocenters. The number of benzene rings is 1. The highest BCUT2D eigenvalue weighted by molar-refractivity contribution is 5.76. The van der Waals surface area contributed by atoms with Crippen LogP contribution in [0.5, 0.6) is 0 Å². The fraction of sp³-hybridized carbons (Fsp3) is 0.667. The maximum Gasteiger partial charge on any atom is 0.222 e. The van der Waals surface area contributed by atoms with Crippen molar-refractivity contribution >= 4 is 11.6 Å². The van der Waals surface area contributed by atoms with Crippen molar-refractivity contribution in [3.8, 4) is 0 Å². The molecular weight excluding hydrogens is 312 g/mol. The normalized spacial score (nSPS) is 20.0. The van der Waals surface area contributed by atoms with Gasteiger partial charge in [0.2, 0.25) is 5.91 Å². The summed E-state index contributed by atoms with van der Waals surface area (Å²) >= 11 is 0. The van der Waals surface area contributed by atoms with Gasteiger partial charge < -0.3 is 14.5 Å². The Labute approximate surface area is 152 Å². The first-order valence-electron chi connectivity index (χ1n) is 9.99. The average molecular weight is 344 g/mol. The fourth-order valence-corrected chi connectivity index (χ4v) is 3.89. The molecule has 0 aromatic heterocycles. The van der Waals surface area contributed by atoms with Crippen LogP contribution in [0.1, 0.15) is 51.9 Å². The van der Waals surface area contributed by atoms with Gasteiger partial charge >= 0.3 is 0 Å². The molecule has 2 heterocycles. The van der Waals surface area contributed by atoms with Crippen molar-refractivity contribution in [2.24, 2.45) is 0 Å². The first kappa shape index (κ1) is 18.2. The number of anilines is 1. The molecule has 4 heteroatoms. The Kier molecular flexibility index (Phi) is 6.74. The van der Waals surface area contributed by atoms with Crippen molar-refractivity contribution in [1.29, 1.82) is 0 Å². The quantitative estimate of drug-likeness (QED) is 0.786. The van der Waals surface area contributed by atoms with Crippen molar-refractivity contribution < 1.29 is 9.53 Å². The second-order valence-corrected chi connectivity index (χ2v) is 7.34. The van der Waals surface area contributed by atoms with Crippen LogP contribution in [-0.4, -0.2) is 49.2 Å². The molecule has 138 valence electrons. The van der Waals surface area contributed by atoms with Gasteiger partial charge in [-0.05, 0) is 44.2 Å². The van der Waals surface area contributed by atoms with Crippen molar-refractivity contribution in [3.05, 3.63) is 30.3 Å². The lowest BCUT2D eigenvalue weighted by Gasteiger charge is -2.38. The minimum Gasteiger partial charge on any atom is -0.375 e. The van der Waals surface area contributed by atoms with Gasteiger partial charge in [0.25, 0.3) is 0 Å². The number of carbonyl (C=O) groups excluding carboxylic acids is 1. The molecule has 3 rings (SSSR count). The van der Waals surface area contributed by atoms with E-state index in [2.05, 4.69) is 42.2 Å². The monoisotopic (exact) mass is 344 g/mol. The number of para-hydroxylation sites is 1. The van der Waals surface area contributed by atoms with E-state index in [0.717, 1.165) is 64.7 Å². The summed E-state index contributed by atoms with van der Waals surface area (Å²) in [5, 5.41) is 0. The number of piperidine rings is 2. The van der Waals surface area contributed by atoms with Crippen LogP contribution in [0, 0.1) is 0 Å². The highest BCUT2D eigenvalue weighted by Crippen LogP contribution is 2.24. The lowest BCUT2D eigenvalue weighted by atomic mass is 10.0. The van der Waals surface area contributed by atoms with Gasteiger partial charge in [-0.25, -0.2) is 0 Å². The van der Waals surface area contributed by atoms with Crippen LogP contribution in [0.15, 0.2) is 30.3 Å². The second kappa shape index (κ2) is 9.23. The Morgan fingerprint density at radius 3 is 2.20 bits per heavy atom. The van der Waals surface area contributed by atoms with Crippen LogP contribution in [0.25, 0.3) is 0 Å². The number of nitrogens with zero attached hydrogens (tertiary/aromatic N) is 2. The molecule has 2 fully saturated rings. The summed E-state index contributed by atoms with van der Waals surface area (Å²) in [6, 6.07) is 10.7. The van der Waals surface area contributed by atoms with Gasteiger partial charge in [0.15, 0.2) is 0 Å². The summed E-state index contributed by atoms with van der Waals surface area (Å²) in [6.07, 6.45) is 7.72. The predicted molar refractivity (Wildman–Crippen MR) is 102 cm³/mol. The Bertz CT molecular complexity index is 518. The zero-order chi connectivity index (χ0) is 17.5. The van der Waals surface area contributed by atoms with Gasteiger partial charge in [-0.2, -0.15) is 0 Å². The van der Waals surface area contributed by atoms with E-state index in [1.165, 1.54) is 5.69 Å². The molecule has 1 amide bonds. The first-order valence-corrected chi connectivity index (χ1v) is 9.99. The average Bonchev–Trinajstić information content (AvgIpc) is 2.68. The Hall–Kier alpha value is -1.55. The molecule has 0 spiro atoms. The Morgan fingerprint density at radius 2 is 1.60 bits per heavy atom. The second-order valence-electron chi connectivity index (χ2n) is 7.34. The third-order valence-electron chi connectivity index (χ3n) is 5.49. The lowest BCUT2D eigenvalue weighted by molar-refractivity contribution is -0.135. The molecule has 2 aliphatic heterocycles. The molecule has 0 radical (unpaired) electrons.